The third kappa shape index (κ3) is 4.43. The Morgan fingerprint density at radius 2 is 1.68 bits per heavy atom. The van der Waals surface area contributed by atoms with Gasteiger partial charge in [0.25, 0.3) is 5.91 Å². The summed E-state index contributed by atoms with van der Waals surface area (Å²) in [5, 5.41) is 2.97. The van der Waals surface area contributed by atoms with E-state index in [0.717, 1.165) is 5.56 Å². The van der Waals surface area contributed by atoms with Gasteiger partial charge in [0.1, 0.15) is 0 Å². The van der Waals surface area contributed by atoms with Crippen molar-refractivity contribution < 1.29 is 17.9 Å². The highest BCUT2D eigenvalue weighted by molar-refractivity contribution is 7.89. The molecule has 6 nitrogen and oxygen atoms in total. The molecule has 0 unspecified atom stereocenters. The second kappa shape index (κ2) is 8.43. The summed E-state index contributed by atoms with van der Waals surface area (Å²) in [5.41, 5.74) is 3.84. The van der Waals surface area contributed by atoms with Crippen LogP contribution in [0.15, 0.2) is 47.4 Å². The first-order valence-corrected chi connectivity index (χ1v) is 10.8. The molecule has 0 radical (unpaired) electrons. The van der Waals surface area contributed by atoms with Crippen LogP contribution in [0.25, 0.3) is 0 Å². The number of ether oxygens (including phenoxy) is 1. The molecule has 1 aliphatic heterocycles. The topological polar surface area (TPSA) is 75.7 Å². The van der Waals surface area contributed by atoms with Crippen LogP contribution in [0.4, 0.5) is 0 Å². The highest BCUT2D eigenvalue weighted by atomic mass is 32.2. The van der Waals surface area contributed by atoms with Crippen molar-refractivity contribution in [3.8, 4) is 0 Å². The molecule has 1 aliphatic rings. The summed E-state index contributed by atoms with van der Waals surface area (Å²) in [6, 6.07) is 12.0. The number of carbonyl (C=O) groups is 1. The van der Waals surface area contributed by atoms with Gasteiger partial charge in [-0.05, 0) is 61.7 Å². The molecule has 0 spiro atoms. The zero-order valence-electron chi connectivity index (χ0n) is 16.4. The van der Waals surface area contributed by atoms with Gasteiger partial charge in [-0.1, -0.05) is 18.2 Å². The Balaban J connectivity index is 1.70. The molecule has 28 heavy (non-hydrogen) atoms. The minimum Gasteiger partial charge on any atom is -0.379 e. The number of nitrogens with zero attached hydrogens (tertiary/aromatic N) is 1. The van der Waals surface area contributed by atoms with E-state index in [1.807, 2.05) is 26.0 Å². The molecule has 1 atom stereocenters. The second-order valence-electron chi connectivity index (χ2n) is 7.08. The first-order chi connectivity index (χ1) is 13.3. The highest BCUT2D eigenvalue weighted by Gasteiger charge is 2.26. The quantitative estimate of drug-likeness (QED) is 0.834. The molecule has 7 heteroatoms. The van der Waals surface area contributed by atoms with Gasteiger partial charge in [0, 0.05) is 18.7 Å². The van der Waals surface area contributed by atoms with Gasteiger partial charge in [0.15, 0.2) is 0 Å². The Hall–Kier alpha value is -2.22. The number of morpholine rings is 1. The van der Waals surface area contributed by atoms with Crippen molar-refractivity contribution in [1.29, 1.82) is 0 Å². The lowest BCUT2D eigenvalue weighted by molar-refractivity contribution is 0.0730. The van der Waals surface area contributed by atoms with Crippen LogP contribution < -0.4 is 5.32 Å². The minimum atomic E-state index is -3.56. The van der Waals surface area contributed by atoms with Gasteiger partial charge in [0.05, 0.1) is 24.2 Å². The van der Waals surface area contributed by atoms with Crippen LogP contribution in [-0.4, -0.2) is 44.9 Å². The van der Waals surface area contributed by atoms with Crippen LogP contribution in [0.1, 0.15) is 40.0 Å². The molecule has 0 bridgehead atoms. The Morgan fingerprint density at radius 3 is 2.29 bits per heavy atom. The van der Waals surface area contributed by atoms with Crippen molar-refractivity contribution in [2.24, 2.45) is 0 Å². The van der Waals surface area contributed by atoms with E-state index in [4.69, 9.17) is 4.74 Å². The number of aryl methyl sites for hydroxylation is 2. The van der Waals surface area contributed by atoms with E-state index in [9.17, 15) is 13.2 Å². The van der Waals surface area contributed by atoms with E-state index in [-0.39, 0.29) is 16.8 Å². The molecule has 1 N–H and O–H groups in total. The van der Waals surface area contributed by atoms with Crippen molar-refractivity contribution >= 4 is 15.9 Å². The molecule has 1 amide bonds. The fourth-order valence-electron chi connectivity index (χ4n) is 3.11. The number of hydrogen-bond acceptors (Lipinski definition) is 4. The Labute approximate surface area is 166 Å². The normalized spacial score (nSPS) is 16.5. The maximum absolute atomic E-state index is 12.7. The number of nitrogens with one attached hydrogen (secondary N) is 1. The molecule has 2 aromatic rings. The first kappa shape index (κ1) is 20.5. The van der Waals surface area contributed by atoms with Crippen LogP contribution in [0.2, 0.25) is 0 Å². The van der Waals surface area contributed by atoms with E-state index < -0.39 is 10.0 Å². The molecule has 2 aromatic carbocycles. The summed E-state index contributed by atoms with van der Waals surface area (Å²) in [6.45, 7) is 7.51. The molecule has 0 saturated carbocycles. The summed E-state index contributed by atoms with van der Waals surface area (Å²) >= 11 is 0. The van der Waals surface area contributed by atoms with Crippen LogP contribution in [0.5, 0.6) is 0 Å². The van der Waals surface area contributed by atoms with Crippen LogP contribution in [0.3, 0.4) is 0 Å². The van der Waals surface area contributed by atoms with Gasteiger partial charge in [0.2, 0.25) is 10.0 Å². The van der Waals surface area contributed by atoms with Gasteiger partial charge in [-0.2, -0.15) is 4.31 Å². The molecule has 0 aliphatic carbocycles. The third-order valence-electron chi connectivity index (χ3n) is 5.10. The van der Waals surface area contributed by atoms with Crippen LogP contribution in [-0.2, 0) is 14.8 Å². The Morgan fingerprint density at radius 1 is 1.04 bits per heavy atom. The van der Waals surface area contributed by atoms with E-state index in [1.54, 1.807) is 12.1 Å². The van der Waals surface area contributed by atoms with Crippen molar-refractivity contribution in [3.63, 3.8) is 0 Å². The number of rotatable bonds is 5. The molecule has 1 fully saturated rings. The Bertz CT molecular complexity index is 949. The van der Waals surface area contributed by atoms with Gasteiger partial charge < -0.3 is 10.1 Å². The van der Waals surface area contributed by atoms with E-state index in [0.29, 0.717) is 31.9 Å². The summed E-state index contributed by atoms with van der Waals surface area (Å²) in [6.07, 6.45) is 0. The second-order valence-corrected chi connectivity index (χ2v) is 9.02. The number of amides is 1. The van der Waals surface area contributed by atoms with Gasteiger partial charge in [-0.3, -0.25) is 4.79 Å². The number of benzene rings is 2. The number of sulfonamides is 1. The predicted octanol–water partition coefficient (Wildman–Crippen LogP) is 2.82. The predicted molar refractivity (Wildman–Crippen MR) is 108 cm³/mol. The maximum Gasteiger partial charge on any atom is 0.251 e. The number of carbonyl (C=O) groups excluding carboxylic acids is 1. The summed E-state index contributed by atoms with van der Waals surface area (Å²) in [7, 11) is -3.56. The Kier molecular flexibility index (Phi) is 6.17. The summed E-state index contributed by atoms with van der Waals surface area (Å²) in [4.78, 5) is 12.7. The molecule has 1 saturated heterocycles. The monoisotopic (exact) mass is 402 g/mol. The molecule has 3 rings (SSSR count). The lowest BCUT2D eigenvalue weighted by atomic mass is 10.0. The maximum atomic E-state index is 12.7. The SMILES string of the molecule is Cc1ccc([C@H](C)NC(=O)c2ccc(S(=O)(=O)N3CCOCC3)cc2)cc1C. The van der Waals surface area contributed by atoms with Crippen molar-refractivity contribution in [3.05, 3.63) is 64.7 Å². The average Bonchev–Trinajstić information content (AvgIpc) is 2.70. The van der Waals surface area contributed by atoms with Gasteiger partial charge >= 0.3 is 0 Å². The fourth-order valence-corrected chi connectivity index (χ4v) is 4.52. The third-order valence-corrected chi connectivity index (χ3v) is 7.02. The smallest absolute Gasteiger partial charge is 0.251 e. The summed E-state index contributed by atoms with van der Waals surface area (Å²) in [5.74, 6) is -0.235. The largest absolute Gasteiger partial charge is 0.379 e. The van der Waals surface area contributed by atoms with Crippen LogP contribution in [0, 0.1) is 13.8 Å². The fraction of sp³-hybridized carbons (Fsp3) is 0.381. The van der Waals surface area contributed by atoms with Crippen molar-refractivity contribution in [2.75, 3.05) is 26.3 Å². The highest BCUT2D eigenvalue weighted by Crippen LogP contribution is 2.20. The van der Waals surface area contributed by atoms with Crippen molar-refractivity contribution in [2.45, 2.75) is 31.7 Å². The van der Waals surface area contributed by atoms with Crippen molar-refractivity contribution in [1.82, 2.24) is 9.62 Å². The van der Waals surface area contributed by atoms with Gasteiger partial charge in [-0.15, -0.1) is 0 Å². The summed E-state index contributed by atoms with van der Waals surface area (Å²) < 4.78 is 31.9. The van der Waals surface area contributed by atoms with Gasteiger partial charge in [-0.25, -0.2) is 8.42 Å². The minimum absolute atomic E-state index is 0.149. The van der Waals surface area contributed by atoms with E-state index in [1.165, 1.54) is 27.6 Å². The molecule has 1 heterocycles. The van der Waals surface area contributed by atoms with E-state index in [2.05, 4.69) is 18.3 Å². The zero-order chi connectivity index (χ0) is 20.3. The average molecular weight is 403 g/mol. The molecular weight excluding hydrogens is 376 g/mol. The number of hydrogen-bond donors (Lipinski definition) is 1. The first-order valence-electron chi connectivity index (χ1n) is 9.35. The standard InChI is InChI=1S/C21H26N2O4S/c1-15-4-5-19(14-16(15)2)17(3)22-21(24)18-6-8-20(9-7-18)28(25,26)23-10-12-27-13-11-23/h4-9,14,17H,10-13H2,1-3H3,(H,22,24)/t17-/m0/s1. The zero-order valence-corrected chi connectivity index (χ0v) is 17.3. The molecular formula is C21H26N2O4S. The van der Waals surface area contributed by atoms with Crippen LogP contribution >= 0.6 is 0 Å². The molecule has 150 valence electrons. The lowest BCUT2D eigenvalue weighted by Crippen LogP contribution is -2.40. The van der Waals surface area contributed by atoms with E-state index >= 15 is 0 Å². The lowest BCUT2D eigenvalue weighted by Gasteiger charge is -2.26. The molecule has 0 aromatic heterocycles.